The summed E-state index contributed by atoms with van der Waals surface area (Å²) in [7, 11) is 1.91. The summed E-state index contributed by atoms with van der Waals surface area (Å²) < 4.78 is 3.86. The van der Waals surface area contributed by atoms with Crippen molar-refractivity contribution in [1.29, 1.82) is 0 Å². The zero-order valence-corrected chi connectivity index (χ0v) is 13.6. The van der Waals surface area contributed by atoms with E-state index in [1.807, 2.05) is 34.9 Å². The fourth-order valence-corrected chi connectivity index (χ4v) is 2.72. The van der Waals surface area contributed by atoms with E-state index in [0.29, 0.717) is 6.54 Å². The van der Waals surface area contributed by atoms with Crippen LogP contribution in [0.4, 0.5) is 0 Å². The third-order valence-corrected chi connectivity index (χ3v) is 3.97. The Morgan fingerprint density at radius 2 is 1.64 bits per heavy atom. The molecule has 2 aromatic carbocycles. The number of hydrogen-bond acceptors (Lipinski definition) is 2. The van der Waals surface area contributed by atoms with Gasteiger partial charge in [0.05, 0.1) is 18.2 Å². The van der Waals surface area contributed by atoms with Crippen LogP contribution in [0.1, 0.15) is 26.3 Å². The van der Waals surface area contributed by atoms with E-state index in [0.717, 1.165) is 16.7 Å². The maximum absolute atomic E-state index is 11.3. The molecule has 0 aliphatic carbocycles. The van der Waals surface area contributed by atoms with Crippen LogP contribution in [0.25, 0.3) is 11.1 Å². The minimum atomic E-state index is -0.980. The predicted molar refractivity (Wildman–Crippen MR) is 90.5 cm³/mol. The highest BCUT2D eigenvalue weighted by molar-refractivity contribution is 5.90. The lowest BCUT2D eigenvalue weighted by atomic mass is 9.96. The molecule has 6 heteroatoms. The number of carboxylic acid groups (broad SMARTS) is 2. The Morgan fingerprint density at radius 3 is 2.20 bits per heavy atom. The van der Waals surface area contributed by atoms with Gasteiger partial charge in [0, 0.05) is 5.56 Å². The van der Waals surface area contributed by atoms with Gasteiger partial charge in [0.25, 0.3) is 0 Å². The van der Waals surface area contributed by atoms with Gasteiger partial charge in [-0.3, -0.25) is 0 Å². The second kappa shape index (κ2) is 6.60. The van der Waals surface area contributed by atoms with Gasteiger partial charge >= 0.3 is 11.9 Å². The van der Waals surface area contributed by atoms with Gasteiger partial charge in [-0.25, -0.2) is 18.7 Å². The summed E-state index contributed by atoms with van der Waals surface area (Å²) in [5.41, 5.74) is 2.99. The Labute approximate surface area is 144 Å². The van der Waals surface area contributed by atoms with Gasteiger partial charge in [0.1, 0.15) is 18.9 Å². The van der Waals surface area contributed by atoms with E-state index >= 15 is 0 Å². The summed E-state index contributed by atoms with van der Waals surface area (Å²) in [4.78, 5) is 22.3. The van der Waals surface area contributed by atoms with Crippen molar-refractivity contribution in [3.8, 4) is 11.1 Å². The molecule has 1 aromatic heterocycles. The number of aromatic nitrogens is 2. The summed E-state index contributed by atoms with van der Waals surface area (Å²) in [6.45, 7) is 0.512. The lowest BCUT2D eigenvalue weighted by Gasteiger charge is -2.10. The van der Waals surface area contributed by atoms with E-state index < -0.39 is 11.9 Å². The van der Waals surface area contributed by atoms with Crippen LogP contribution in [0.5, 0.6) is 0 Å². The molecule has 0 atom stereocenters. The number of carboxylic acids is 2. The molecule has 0 amide bonds. The molecule has 0 radical (unpaired) electrons. The molecule has 0 saturated carbocycles. The van der Waals surface area contributed by atoms with E-state index in [2.05, 4.69) is 0 Å². The van der Waals surface area contributed by atoms with Crippen LogP contribution in [0.15, 0.2) is 61.2 Å². The molecule has 1 heterocycles. The molecule has 0 unspecified atom stereocenters. The Bertz CT molecular complexity index is 942. The maximum Gasteiger partial charge on any atom is 0.335 e. The fraction of sp³-hybridized carbons (Fsp3) is 0.105. The van der Waals surface area contributed by atoms with E-state index in [-0.39, 0.29) is 11.1 Å². The molecule has 0 aliphatic rings. The normalized spacial score (nSPS) is 10.6. The van der Waals surface area contributed by atoms with Gasteiger partial charge in [0.2, 0.25) is 6.33 Å². The Morgan fingerprint density at radius 1 is 1.00 bits per heavy atom. The van der Waals surface area contributed by atoms with Crippen molar-refractivity contribution in [3.63, 3.8) is 0 Å². The molecule has 0 spiro atoms. The van der Waals surface area contributed by atoms with Crippen LogP contribution in [-0.2, 0) is 13.6 Å². The van der Waals surface area contributed by atoms with Gasteiger partial charge in [-0.2, -0.15) is 0 Å². The molecule has 6 nitrogen and oxygen atoms in total. The first-order valence-corrected chi connectivity index (χ1v) is 7.65. The summed E-state index contributed by atoms with van der Waals surface area (Å²) in [6, 6.07) is 11.5. The summed E-state index contributed by atoms with van der Waals surface area (Å²) in [5.74, 6) is -1.96. The zero-order valence-electron chi connectivity index (χ0n) is 13.6. The quantitative estimate of drug-likeness (QED) is 0.701. The first-order chi connectivity index (χ1) is 11.9. The van der Waals surface area contributed by atoms with Crippen LogP contribution in [0.2, 0.25) is 0 Å². The summed E-state index contributed by atoms with van der Waals surface area (Å²) >= 11 is 0. The van der Waals surface area contributed by atoms with E-state index in [1.54, 1.807) is 42.5 Å². The number of rotatable bonds is 5. The van der Waals surface area contributed by atoms with E-state index in [4.69, 9.17) is 5.11 Å². The van der Waals surface area contributed by atoms with Crippen LogP contribution in [0.3, 0.4) is 0 Å². The highest BCUT2D eigenvalue weighted by Gasteiger charge is 2.13. The van der Waals surface area contributed by atoms with Gasteiger partial charge < -0.3 is 10.2 Å². The van der Waals surface area contributed by atoms with Gasteiger partial charge in [-0.1, -0.05) is 18.2 Å². The van der Waals surface area contributed by atoms with Crippen molar-refractivity contribution in [2.45, 2.75) is 6.54 Å². The number of aryl methyl sites for hydroxylation is 1. The summed E-state index contributed by atoms with van der Waals surface area (Å²) in [5, 5.41) is 18.3. The number of carbonyl (C=O) groups is 2. The molecule has 25 heavy (non-hydrogen) atoms. The molecule has 2 N–H and O–H groups in total. The molecule has 0 fully saturated rings. The minimum absolute atomic E-state index is 0.213. The number of aromatic carboxylic acids is 2. The predicted octanol–water partition coefficient (Wildman–Crippen LogP) is 2.42. The topological polar surface area (TPSA) is 83.4 Å². The van der Waals surface area contributed by atoms with Crippen molar-refractivity contribution in [2.24, 2.45) is 7.05 Å². The average Bonchev–Trinajstić information content (AvgIpc) is 2.99. The van der Waals surface area contributed by atoms with Crippen molar-refractivity contribution in [1.82, 2.24) is 4.57 Å². The Kier molecular flexibility index (Phi) is 4.35. The number of hydrogen-bond donors (Lipinski definition) is 2. The van der Waals surface area contributed by atoms with Crippen molar-refractivity contribution in [2.75, 3.05) is 0 Å². The van der Waals surface area contributed by atoms with E-state index in [9.17, 15) is 14.7 Å². The largest absolute Gasteiger partial charge is 0.478 e. The number of nitrogens with zero attached hydrogens (tertiary/aromatic N) is 2. The van der Waals surface area contributed by atoms with Crippen LogP contribution in [-0.4, -0.2) is 26.7 Å². The van der Waals surface area contributed by atoms with Crippen molar-refractivity contribution >= 4 is 11.9 Å². The van der Waals surface area contributed by atoms with E-state index in [1.165, 1.54) is 0 Å². The molecule has 3 aromatic rings. The zero-order chi connectivity index (χ0) is 18.0. The lowest BCUT2D eigenvalue weighted by molar-refractivity contribution is -0.671. The van der Waals surface area contributed by atoms with Gasteiger partial charge in [-0.05, 0) is 35.4 Å². The van der Waals surface area contributed by atoms with Crippen LogP contribution in [0, 0.1) is 0 Å². The van der Waals surface area contributed by atoms with Crippen molar-refractivity contribution < 1.29 is 24.4 Å². The third kappa shape index (κ3) is 3.58. The number of imidazole rings is 1. The standard InChI is InChI=1S/C19H16N2O4/c1-20-8-9-21(12-20)11-16-10-15(19(24)25)6-7-17(16)13-2-4-14(5-3-13)18(22)23/h2-10,12H,11H2,1H3,(H-,22,23,24,25)/p+1. The molecular formula is C19H17N2O4+. The molecule has 0 aliphatic heterocycles. The van der Waals surface area contributed by atoms with Gasteiger partial charge in [-0.15, -0.1) is 0 Å². The monoisotopic (exact) mass is 337 g/mol. The molecule has 0 bridgehead atoms. The second-order valence-electron chi connectivity index (χ2n) is 5.81. The lowest BCUT2D eigenvalue weighted by Crippen LogP contribution is -2.23. The number of benzene rings is 2. The van der Waals surface area contributed by atoms with Crippen LogP contribution < -0.4 is 4.57 Å². The smallest absolute Gasteiger partial charge is 0.335 e. The molecule has 126 valence electrons. The molecule has 0 saturated heterocycles. The molecular weight excluding hydrogens is 320 g/mol. The van der Waals surface area contributed by atoms with Crippen LogP contribution >= 0.6 is 0 Å². The highest BCUT2D eigenvalue weighted by Crippen LogP contribution is 2.26. The second-order valence-corrected chi connectivity index (χ2v) is 5.81. The van der Waals surface area contributed by atoms with Gasteiger partial charge in [0.15, 0.2) is 0 Å². The Hall–Kier alpha value is -3.41. The average molecular weight is 337 g/mol. The van der Waals surface area contributed by atoms with Crippen molar-refractivity contribution in [3.05, 3.63) is 77.9 Å². The first-order valence-electron chi connectivity index (χ1n) is 7.65. The Balaban J connectivity index is 2.05. The molecule has 3 rings (SSSR count). The first kappa shape index (κ1) is 16.4. The highest BCUT2D eigenvalue weighted by atomic mass is 16.4. The maximum atomic E-state index is 11.3. The minimum Gasteiger partial charge on any atom is -0.478 e. The SMILES string of the molecule is C[n+]1ccn(Cc2cc(C(=O)O)ccc2-c2ccc(C(=O)O)cc2)c1. The summed E-state index contributed by atoms with van der Waals surface area (Å²) in [6.07, 6.45) is 5.72. The fourth-order valence-electron chi connectivity index (χ4n) is 2.72. The third-order valence-electron chi connectivity index (χ3n) is 3.97.